The van der Waals surface area contributed by atoms with Crippen molar-refractivity contribution in [1.82, 2.24) is 9.55 Å². The van der Waals surface area contributed by atoms with Crippen LogP contribution in [0.25, 0.3) is 21.8 Å². The summed E-state index contributed by atoms with van der Waals surface area (Å²) >= 11 is 1.53. The van der Waals surface area contributed by atoms with E-state index in [1.165, 1.54) is 18.4 Å². The van der Waals surface area contributed by atoms with Crippen LogP contribution in [0.1, 0.15) is 53.5 Å². The monoisotopic (exact) mass is 435 g/mol. The lowest BCUT2D eigenvalue weighted by Gasteiger charge is -2.07. The molecule has 31 heavy (non-hydrogen) atoms. The van der Waals surface area contributed by atoms with Crippen LogP contribution in [0, 0.1) is 19.8 Å². The van der Waals surface area contributed by atoms with Gasteiger partial charge in [-0.05, 0) is 51.7 Å². The molecule has 2 fully saturated rings. The second kappa shape index (κ2) is 7.64. The highest BCUT2D eigenvalue weighted by Crippen LogP contribution is 2.43. The maximum Gasteiger partial charge on any atom is 0.340 e. The summed E-state index contributed by atoms with van der Waals surface area (Å²) in [7, 11) is 1.42. The van der Waals surface area contributed by atoms with Crippen LogP contribution in [0.3, 0.4) is 0 Å². The molecule has 2 aromatic heterocycles. The van der Waals surface area contributed by atoms with Gasteiger partial charge in [0, 0.05) is 45.5 Å². The Labute approximate surface area is 185 Å². The lowest BCUT2D eigenvalue weighted by Crippen LogP contribution is -2.13. The topological polar surface area (TPSA) is 73.2 Å². The predicted octanol–water partition coefficient (Wildman–Crippen LogP) is 5.37. The number of benzene rings is 1. The number of carbonyl (C=O) groups is 2. The average Bonchev–Trinajstić information content (AvgIpc) is 3.69. The lowest BCUT2D eigenvalue weighted by molar-refractivity contribution is -0.117. The molecule has 0 radical (unpaired) electrons. The van der Waals surface area contributed by atoms with Crippen LogP contribution in [-0.4, -0.2) is 28.5 Å². The fourth-order valence-electron chi connectivity index (χ4n) is 4.24. The van der Waals surface area contributed by atoms with Crippen molar-refractivity contribution in [2.75, 3.05) is 12.4 Å². The highest BCUT2D eigenvalue weighted by Gasteiger charge is 2.33. The molecule has 1 N–H and O–H groups in total. The first kappa shape index (κ1) is 20.0. The highest BCUT2D eigenvalue weighted by molar-refractivity contribution is 7.13. The Hall–Kier alpha value is -2.93. The van der Waals surface area contributed by atoms with Crippen molar-refractivity contribution in [3.05, 3.63) is 46.6 Å². The van der Waals surface area contributed by atoms with Crippen LogP contribution < -0.4 is 5.32 Å². The molecule has 2 aliphatic carbocycles. The lowest BCUT2D eigenvalue weighted by atomic mass is 10.1. The number of ether oxygens (including phenoxy) is 1. The minimum atomic E-state index is -0.325. The number of amides is 1. The standard InChI is InChI=1S/C24H25N3O3S/c1-13-20(21(24(29)30-3)14(2)27(13)18-9-10-18)19-12-31-23(26-19)16-5-4-6-17(11-16)25-22(28)15-7-8-15/h4-6,11-12,15,18H,7-10H2,1-3H3,(H,25,28). The Morgan fingerprint density at radius 1 is 1.16 bits per heavy atom. The van der Waals surface area contributed by atoms with Gasteiger partial charge >= 0.3 is 5.97 Å². The van der Waals surface area contributed by atoms with Crippen molar-refractivity contribution >= 4 is 28.9 Å². The van der Waals surface area contributed by atoms with E-state index in [1.807, 2.05) is 36.6 Å². The molecule has 3 aromatic rings. The summed E-state index contributed by atoms with van der Waals surface area (Å²) in [5.74, 6) is -0.0740. The zero-order valence-electron chi connectivity index (χ0n) is 17.9. The number of hydrogen-bond donors (Lipinski definition) is 1. The van der Waals surface area contributed by atoms with Crippen molar-refractivity contribution in [2.24, 2.45) is 5.92 Å². The summed E-state index contributed by atoms with van der Waals surface area (Å²) < 4.78 is 7.36. The van der Waals surface area contributed by atoms with E-state index in [1.54, 1.807) is 0 Å². The SMILES string of the molecule is COC(=O)c1c(-c2csc(-c3cccc(NC(=O)C4CC4)c3)n2)c(C)n(C2CC2)c1C. The predicted molar refractivity (Wildman–Crippen MR) is 121 cm³/mol. The zero-order valence-corrected chi connectivity index (χ0v) is 18.7. The first-order chi connectivity index (χ1) is 15.0. The molecule has 2 heterocycles. The molecule has 6 nitrogen and oxygen atoms in total. The molecule has 0 spiro atoms. The van der Waals surface area contributed by atoms with E-state index in [2.05, 4.69) is 16.8 Å². The van der Waals surface area contributed by atoms with E-state index in [0.29, 0.717) is 11.6 Å². The van der Waals surface area contributed by atoms with Gasteiger partial charge in [0.05, 0.1) is 18.4 Å². The van der Waals surface area contributed by atoms with Crippen LogP contribution in [0.2, 0.25) is 0 Å². The van der Waals surface area contributed by atoms with Gasteiger partial charge in [-0.25, -0.2) is 9.78 Å². The number of nitrogens with zero attached hydrogens (tertiary/aromatic N) is 2. The summed E-state index contributed by atoms with van der Waals surface area (Å²) in [5.41, 5.74) is 5.98. The van der Waals surface area contributed by atoms with E-state index in [9.17, 15) is 9.59 Å². The third-order valence-corrected chi connectivity index (χ3v) is 6.97. The van der Waals surface area contributed by atoms with Crippen LogP contribution in [0.5, 0.6) is 0 Å². The number of methoxy groups -OCH3 is 1. The Morgan fingerprint density at radius 2 is 1.94 bits per heavy atom. The fraction of sp³-hybridized carbons (Fsp3) is 0.375. The average molecular weight is 436 g/mol. The molecular weight excluding hydrogens is 410 g/mol. The van der Waals surface area contributed by atoms with Gasteiger partial charge in [-0.15, -0.1) is 11.3 Å². The van der Waals surface area contributed by atoms with Crippen LogP contribution in [0.15, 0.2) is 29.6 Å². The first-order valence-corrected chi connectivity index (χ1v) is 11.5. The third-order valence-electron chi connectivity index (χ3n) is 6.08. The van der Waals surface area contributed by atoms with Crippen molar-refractivity contribution in [3.63, 3.8) is 0 Å². The summed E-state index contributed by atoms with van der Waals surface area (Å²) in [6.45, 7) is 4.04. The van der Waals surface area contributed by atoms with Gasteiger partial charge in [0.2, 0.25) is 5.91 Å². The molecule has 0 unspecified atom stereocenters. The van der Waals surface area contributed by atoms with E-state index in [-0.39, 0.29) is 17.8 Å². The zero-order chi connectivity index (χ0) is 21.7. The quantitative estimate of drug-likeness (QED) is 0.529. The number of nitrogens with one attached hydrogen (secondary N) is 1. The molecular formula is C24H25N3O3S. The molecule has 7 heteroatoms. The molecule has 0 atom stereocenters. The highest BCUT2D eigenvalue weighted by atomic mass is 32.1. The van der Waals surface area contributed by atoms with Gasteiger partial charge < -0.3 is 14.6 Å². The van der Waals surface area contributed by atoms with Crippen LogP contribution >= 0.6 is 11.3 Å². The number of thiazole rings is 1. The molecule has 0 saturated heterocycles. The van der Waals surface area contributed by atoms with Crippen LogP contribution in [0.4, 0.5) is 5.69 Å². The number of esters is 1. The number of anilines is 1. The summed E-state index contributed by atoms with van der Waals surface area (Å²) in [6, 6.07) is 8.23. The Morgan fingerprint density at radius 3 is 2.61 bits per heavy atom. The van der Waals surface area contributed by atoms with Gasteiger partial charge in [0.1, 0.15) is 5.01 Å². The summed E-state index contributed by atoms with van der Waals surface area (Å²) in [4.78, 5) is 29.6. The van der Waals surface area contributed by atoms with Crippen molar-refractivity contribution in [1.29, 1.82) is 0 Å². The Bertz CT molecular complexity index is 1180. The molecule has 0 bridgehead atoms. The normalized spacial score (nSPS) is 15.7. The number of aromatic nitrogens is 2. The van der Waals surface area contributed by atoms with E-state index < -0.39 is 0 Å². The van der Waals surface area contributed by atoms with Crippen molar-refractivity contribution in [3.8, 4) is 21.8 Å². The molecule has 1 amide bonds. The minimum absolute atomic E-state index is 0.0900. The third kappa shape index (κ3) is 3.67. The van der Waals surface area contributed by atoms with E-state index >= 15 is 0 Å². The van der Waals surface area contributed by atoms with Gasteiger partial charge in [-0.3, -0.25) is 4.79 Å². The number of carbonyl (C=O) groups excluding carboxylic acids is 2. The largest absolute Gasteiger partial charge is 0.465 e. The Kier molecular flexibility index (Phi) is 4.93. The minimum Gasteiger partial charge on any atom is -0.465 e. The second-order valence-electron chi connectivity index (χ2n) is 8.40. The maximum absolute atomic E-state index is 12.6. The molecule has 0 aliphatic heterocycles. The molecule has 5 rings (SSSR count). The summed E-state index contributed by atoms with van der Waals surface area (Å²) in [6.07, 6.45) is 4.22. The van der Waals surface area contributed by atoms with E-state index in [0.717, 1.165) is 64.6 Å². The van der Waals surface area contributed by atoms with E-state index in [4.69, 9.17) is 9.72 Å². The smallest absolute Gasteiger partial charge is 0.340 e. The van der Waals surface area contributed by atoms with Crippen LogP contribution in [-0.2, 0) is 9.53 Å². The van der Waals surface area contributed by atoms with Gasteiger partial charge in [0.25, 0.3) is 0 Å². The molecule has 160 valence electrons. The number of rotatable bonds is 6. The molecule has 2 saturated carbocycles. The van der Waals surface area contributed by atoms with Gasteiger partial charge in [-0.2, -0.15) is 0 Å². The van der Waals surface area contributed by atoms with Gasteiger partial charge in [-0.1, -0.05) is 12.1 Å². The van der Waals surface area contributed by atoms with Gasteiger partial charge in [0.15, 0.2) is 0 Å². The number of hydrogen-bond acceptors (Lipinski definition) is 5. The molecule has 2 aliphatic rings. The Balaban J connectivity index is 1.51. The van der Waals surface area contributed by atoms with Crippen molar-refractivity contribution < 1.29 is 14.3 Å². The second-order valence-corrected chi connectivity index (χ2v) is 9.25. The fourth-order valence-corrected chi connectivity index (χ4v) is 5.05. The summed E-state index contributed by atoms with van der Waals surface area (Å²) in [5, 5.41) is 5.84. The first-order valence-electron chi connectivity index (χ1n) is 10.6. The molecule has 1 aromatic carbocycles. The van der Waals surface area contributed by atoms with Crippen molar-refractivity contribution in [2.45, 2.75) is 45.6 Å². The maximum atomic E-state index is 12.6.